The molecule has 0 saturated heterocycles. The second kappa shape index (κ2) is 4.59. The number of carboxylic acids is 1. The van der Waals surface area contributed by atoms with Crippen LogP contribution in [0.25, 0.3) is 0 Å². The highest BCUT2D eigenvalue weighted by Crippen LogP contribution is 2.25. The van der Waals surface area contributed by atoms with Gasteiger partial charge in [0.05, 0.1) is 5.56 Å². The average molecular weight is 273 g/mol. The molecule has 1 aromatic heterocycles. The highest BCUT2D eigenvalue weighted by molar-refractivity contribution is 7.91. The number of aromatic carboxylic acids is 1. The van der Waals surface area contributed by atoms with Crippen molar-refractivity contribution in [1.29, 1.82) is 0 Å². The molecule has 0 bridgehead atoms. The Hall–Kier alpha value is -1.18. The summed E-state index contributed by atoms with van der Waals surface area (Å²) in [6.07, 6.45) is 4.42. The van der Waals surface area contributed by atoms with E-state index in [-0.39, 0.29) is 9.77 Å². The third kappa shape index (κ3) is 2.41. The van der Waals surface area contributed by atoms with E-state index in [0.717, 1.165) is 11.3 Å². The number of carboxylic acid groups (broad SMARTS) is 1. The van der Waals surface area contributed by atoms with Crippen molar-refractivity contribution < 1.29 is 18.3 Å². The Morgan fingerprint density at radius 2 is 2.18 bits per heavy atom. The summed E-state index contributed by atoms with van der Waals surface area (Å²) in [5.74, 6) is -1.11. The number of sulfonamides is 1. The van der Waals surface area contributed by atoms with Crippen LogP contribution in [-0.2, 0) is 10.0 Å². The minimum atomic E-state index is -3.54. The van der Waals surface area contributed by atoms with E-state index in [1.54, 1.807) is 6.08 Å². The monoisotopic (exact) mass is 273 g/mol. The first-order valence-electron chi connectivity index (χ1n) is 4.99. The lowest BCUT2D eigenvalue weighted by Crippen LogP contribution is -2.33. The molecule has 2 rings (SSSR count). The average Bonchev–Trinajstić information content (AvgIpc) is 2.80. The predicted molar refractivity (Wildman–Crippen MR) is 63.8 cm³/mol. The van der Waals surface area contributed by atoms with Crippen LogP contribution in [0.1, 0.15) is 16.8 Å². The molecule has 0 spiro atoms. The Balaban J connectivity index is 2.30. The largest absolute Gasteiger partial charge is 0.478 e. The fourth-order valence-corrected chi connectivity index (χ4v) is 4.24. The van der Waals surface area contributed by atoms with Gasteiger partial charge in [0.15, 0.2) is 0 Å². The van der Waals surface area contributed by atoms with Gasteiger partial charge in [0.2, 0.25) is 0 Å². The van der Waals surface area contributed by atoms with Crippen molar-refractivity contribution >= 4 is 27.3 Å². The lowest BCUT2D eigenvalue weighted by molar-refractivity contribution is 0.0697. The van der Waals surface area contributed by atoms with Gasteiger partial charge < -0.3 is 5.11 Å². The lowest BCUT2D eigenvalue weighted by Gasteiger charge is -2.21. The first-order chi connectivity index (χ1) is 8.01. The summed E-state index contributed by atoms with van der Waals surface area (Å²) >= 11 is 0.944. The van der Waals surface area contributed by atoms with E-state index in [1.807, 2.05) is 6.08 Å². The van der Waals surface area contributed by atoms with Gasteiger partial charge >= 0.3 is 5.97 Å². The van der Waals surface area contributed by atoms with Gasteiger partial charge in [0, 0.05) is 18.5 Å². The third-order valence-electron chi connectivity index (χ3n) is 2.44. The van der Waals surface area contributed by atoms with E-state index < -0.39 is 16.0 Å². The Kier molecular flexibility index (Phi) is 3.32. The molecule has 5 nitrogen and oxygen atoms in total. The fourth-order valence-electron chi connectivity index (χ4n) is 1.53. The number of carbonyl (C=O) groups is 1. The van der Waals surface area contributed by atoms with E-state index in [9.17, 15) is 13.2 Å². The van der Waals surface area contributed by atoms with Crippen molar-refractivity contribution in [2.24, 2.45) is 0 Å². The fraction of sp³-hybridized carbons (Fsp3) is 0.300. The summed E-state index contributed by atoms with van der Waals surface area (Å²) in [7, 11) is -3.54. The maximum Gasteiger partial charge on any atom is 0.336 e. The van der Waals surface area contributed by atoms with Crippen molar-refractivity contribution in [3.63, 3.8) is 0 Å². The molecule has 1 aliphatic heterocycles. The highest BCUT2D eigenvalue weighted by Gasteiger charge is 2.26. The zero-order valence-corrected chi connectivity index (χ0v) is 10.5. The standard InChI is InChI=1S/C10H11NO4S2/c12-10(13)8-6-9(16-7-8)17(14,15)11-4-2-1-3-5-11/h1-2,6-7H,3-5H2,(H,12,13). The zero-order valence-electron chi connectivity index (χ0n) is 8.87. The number of hydrogen-bond donors (Lipinski definition) is 1. The first-order valence-corrected chi connectivity index (χ1v) is 7.31. The van der Waals surface area contributed by atoms with Gasteiger partial charge in [0.25, 0.3) is 10.0 Å². The minimum Gasteiger partial charge on any atom is -0.478 e. The van der Waals surface area contributed by atoms with Crippen LogP contribution in [0.15, 0.2) is 27.8 Å². The number of nitrogens with zero attached hydrogens (tertiary/aromatic N) is 1. The van der Waals surface area contributed by atoms with E-state index >= 15 is 0 Å². The van der Waals surface area contributed by atoms with Gasteiger partial charge in [-0.1, -0.05) is 12.2 Å². The van der Waals surface area contributed by atoms with Crippen LogP contribution < -0.4 is 0 Å². The third-order valence-corrected chi connectivity index (χ3v) is 5.72. The van der Waals surface area contributed by atoms with E-state index in [0.29, 0.717) is 19.5 Å². The summed E-state index contributed by atoms with van der Waals surface area (Å²) in [5.41, 5.74) is 0.0149. The summed E-state index contributed by atoms with van der Waals surface area (Å²) < 4.78 is 25.7. The molecule has 7 heteroatoms. The van der Waals surface area contributed by atoms with Crippen LogP contribution in [0, 0.1) is 0 Å². The molecule has 0 radical (unpaired) electrons. The summed E-state index contributed by atoms with van der Waals surface area (Å²) in [6, 6.07) is 1.21. The number of thiophene rings is 1. The van der Waals surface area contributed by atoms with Crippen LogP contribution in [0.4, 0.5) is 0 Å². The highest BCUT2D eigenvalue weighted by atomic mass is 32.2. The van der Waals surface area contributed by atoms with Gasteiger partial charge in [-0.3, -0.25) is 0 Å². The lowest BCUT2D eigenvalue weighted by atomic mass is 10.3. The summed E-state index contributed by atoms with van der Waals surface area (Å²) in [5, 5.41) is 10.1. The van der Waals surface area contributed by atoms with Crippen LogP contribution in [0.5, 0.6) is 0 Å². The van der Waals surface area contributed by atoms with Crippen LogP contribution in [0.2, 0.25) is 0 Å². The quantitative estimate of drug-likeness (QED) is 0.845. The molecular formula is C10H11NO4S2. The zero-order chi connectivity index (χ0) is 12.5. The van der Waals surface area contributed by atoms with Crippen molar-refractivity contribution in [1.82, 2.24) is 4.31 Å². The van der Waals surface area contributed by atoms with E-state index in [2.05, 4.69) is 0 Å². The maximum atomic E-state index is 12.1. The summed E-state index contributed by atoms with van der Waals surface area (Å²) in [4.78, 5) is 10.7. The molecule has 0 aromatic carbocycles. The van der Waals surface area contributed by atoms with Crippen molar-refractivity contribution in [2.75, 3.05) is 13.1 Å². The smallest absolute Gasteiger partial charge is 0.336 e. The SMILES string of the molecule is O=C(O)c1csc(S(=O)(=O)N2CC=CCC2)c1. The first kappa shape index (κ1) is 12.3. The molecule has 0 amide bonds. The van der Waals surface area contributed by atoms with Crippen molar-refractivity contribution in [2.45, 2.75) is 10.6 Å². The van der Waals surface area contributed by atoms with E-state index in [1.165, 1.54) is 15.8 Å². The molecule has 0 fully saturated rings. The molecule has 17 heavy (non-hydrogen) atoms. The Bertz CT molecular complexity index is 559. The Labute approximate surface area is 103 Å². The van der Waals surface area contributed by atoms with E-state index in [4.69, 9.17) is 5.11 Å². The second-order valence-corrected chi connectivity index (χ2v) is 6.66. The Morgan fingerprint density at radius 1 is 1.41 bits per heavy atom. The van der Waals surface area contributed by atoms with Gasteiger partial charge in [-0.2, -0.15) is 4.31 Å². The normalized spacial score (nSPS) is 17.2. The molecule has 1 aromatic rings. The van der Waals surface area contributed by atoms with Gasteiger partial charge in [-0.15, -0.1) is 11.3 Å². The van der Waals surface area contributed by atoms with Gasteiger partial charge in [-0.05, 0) is 12.5 Å². The minimum absolute atomic E-state index is 0.0149. The molecule has 1 aliphatic rings. The second-order valence-electron chi connectivity index (χ2n) is 3.58. The molecule has 1 N–H and O–H groups in total. The van der Waals surface area contributed by atoms with Gasteiger partial charge in [-0.25, -0.2) is 13.2 Å². The molecule has 0 aliphatic carbocycles. The molecule has 0 atom stereocenters. The maximum absolute atomic E-state index is 12.1. The van der Waals surface area contributed by atoms with Crippen molar-refractivity contribution in [3.8, 4) is 0 Å². The molecule has 0 saturated carbocycles. The molecule has 92 valence electrons. The molecule has 0 unspecified atom stereocenters. The topological polar surface area (TPSA) is 74.7 Å². The predicted octanol–water partition coefficient (Wildman–Crippen LogP) is 1.40. The Morgan fingerprint density at radius 3 is 2.71 bits per heavy atom. The van der Waals surface area contributed by atoms with Crippen LogP contribution in [-0.4, -0.2) is 36.9 Å². The number of hydrogen-bond acceptors (Lipinski definition) is 4. The summed E-state index contributed by atoms with van der Waals surface area (Å²) in [6.45, 7) is 0.793. The van der Waals surface area contributed by atoms with Crippen LogP contribution >= 0.6 is 11.3 Å². The van der Waals surface area contributed by atoms with Gasteiger partial charge in [0.1, 0.15) is 4.21 Å². The molecule has 2 heterocycles. The van der Waals surface area contributed by atoms with Crippen molar-refractivity contribution in [3.05, 3.63) is 29.2 Å². The number of rotatable bonds is 3. The molecular weight excluding hydrogens is 262 g/mol. The van der Waals surface area contributed by atoms with Crippen LogP contribution in [0.3, 0.4) is 0 Å².